The molecule has 1 aromatic rings. The summed E-state index contributed by atoms with van der Waals surface area (Å²) in [7, 11) is 0. The van der Waals surface area contributed by atoms with E-state index in [1.807, 2.05) is 0 Å². The lowest BCUT2D eigenvalue weighted by molar-refractivity contribution is -0.124. The van der Waals surface area contributed by atoms with Crippen LogP contribution in [0, 0.1) is 0 Å². The van der Waals surface area contributed by atoms with Crippen LogP contribution in [-0.2, 0) is 4.79 Å². The number of nitrogens with one attached hydrogen (secondary N) is 1. The van der Waals surface area contributed by atoms with Crippen LogP contribution in [0.15, 0.2) is 24.3 Å². The van der Waals surface area contributed by atoms with Crippen LogP contribution in [0.25, 0.3) is 0 Å². The second-order valence-corrected chi connectivity index (χ2v) is 5.95. The third-order valence-corrected chi connectivity index (χ3v) is 4.34. The Balaban J connectivity index is 1.78. The van der Waals surface area contributed by atoms with Gasteiger partial charge >= 0.3 is 0 Å². The molecule has 1 fully saturated rings. The first kappa shape index (κ1) is 16.3. The highest BCUT2D eigenvalue weighted by Gasteiger charge is 2.25. The first-order valence-electron chi connectivity index (χ1n) is 7.58. The predicted molar refractivity (Wildman–Crippen MR) is 85.6 cm³/mol. The number of rotatable bonds is 6. The van der Waals surface area contributed by atoms with E-state index >= 15 is 0 Å². The maximum atomic E-state index is 11.9. The van der Waals surface area contributed by atoms with Crippen LogP contribution in [0.5, 0.6) is 0 Å². The minimum absolute atomic E-state index is 0.349. The fraction of sp³-hybridized carbons (Fsp3) is 0.562. The van der Waals surface area contributed by atoms with Gasteiger partial charge in [0, 0.05) is 16.8 Å². The van der Waals surface area contributed by atoms with Gasteiger partial charge < -0.3 is 15.3 Å². The van der Waals surface area contributed by atoms with Crippen LogP contribution in [0.4, 0.5) is 5.69 Å². The molecule has 5 heteroatoms. The standard InChI is InChI=1S/C16H23ClN2O2/c1-2-19-11-3-4-14(19)9-10-15(20)16(21)18-13-7-5-12(17)6-8-13/h5-8,14-15,20H,2-4,9-11H2,1H3,(H,18,21). The summed E-state index contributed by atoms with van der Waals surface area (Å²) in [6, 6.07) is 7.38. The molecular formula is C16H23ClN2O2. The van der Waals surface area contributed by atoms with Crippen LogP contribution in [0.3, 0.4) is 0 Å². The van der Waals surface area contributed by atoms with Gasteiger partial charge in [0.1, 0.15) is 6.10 Å². The zero-order chi connectivity index (χ0) is 15.2. The van der Waals surface area contributed by atoms with Gasteiger partial charge in [-0.1, -0.05) is 18.5 Å². The van der Waals surface area contributed by atoms with Gasteiger partial charge in [-0.25, -0.2) is 0 Å². The maximum absolute atomic E-state index is 11.9. The molecule has 0 aromatic heterocycles. The average molecular weight is 311 g/mol. The second kappa shape index (κ2) is 7.78. The second-order valence-electron chi connectivity index (χ2n) is 5.51. The minimum atomic E-state index is -0.958. The monoisotopic (exact) mass is 310 g/mol. The van der Waals surface area contributed by atoms with Crippen molar-refractivity contribution in [3.05, 3.63) is 29.3 Å². The molecule has 0 aliphatic carbocycles. The number of likely N-dealkylation sites (tertiary alicyclic amines) is 1. The van der Waals surface area contributed by atoms with Crippen molar-refractivity contribution in [2.24, 2.45) is 0 Å². The smallest absolute Gasteiger partial charge is 0.253 e. The Bertz CT molecular complexity index is 464. The first-order valence-corrected chi connectivity index (χ1v) is 7.96. The zero-order valence-corrected chi connectivity index (χ0v) is 13.1. The van der Waals surface area contributed by atoms with Crippen molar-refractivity contribution >= 4 is 23.2 Å². The van der Waals surface area contributed by atoms with E-state index in [0.29, 0.717) is 23.2 Å². The topological polar surface area (TPSA) is 52.6 Å². The Morgan fingerprint density at radius 3 is 2.86 bits per heavy atom. The largest absolute Gasteiger partial charge is 0.383 e. The van der Waals surface area contributed by atoms with E-state index in [0.717, 1.165) is 19.5 Å². The minimum Gasteiger partial charge on any atom is -0.383 e. The Morgan fingerprint density at radius 2 is 2.19 bits per heavy atom. The van der Waals surface area contributed by atoms with Crippen molar-refractivity contribution < 1.29 is 9.90 Å². The Labute approximate surface area is 131 Å². The summed E-state index contributed by atoms with van der Waals surface area (Å²) in [6.45, 7) is 4.33. The van der Waals surface area contributed by atoms with Gasteiger partial charge in [-0.3, -0.25) is 4.79 Å². The van der Waals surface area contributed by atoms with Crippen molar-refractivity contribution in [2.75, 3.05) is 18.4 Å². The average Bonchev–Trinajstić information content (AvgIpc) is 2.94. The van der Waals surface area contributed by atoms with Crippen molar-refractivity contribution in [1.29, 1.82) is 0 Å². The number of halogens is 1. The van der Waals surface area contributed by atoms with Gasteiger partial charge in [0.05, 0.1) is 0 Å². The fourth-order valence-electron chi connectivity index (χ4n) is 2.88. The molecule has 116 valence electrons. The SMILES string of the molecule is CCN1CCCC1CCC(O)C(=O)Nc1ccc(Cl)cc1. The summed E-state index contributed by atoms with van der Waals surface area (Å²) in [5.41, 5.74) is 0.652. The Hall–Kier alpha value is -1.10. The molecule has 0 saturated carbocycles. The van der Waals surface area contributed by atoms with E-state index in [4.69, 9.17) is 11.6 Å². The van der Waals surface area contributed by atoms with E-state index in [-0.39, 0.29) is 5.91 Å². The highest BCUT2D eigenvalue weighted by molar-refractivity contribution is 6.30. The van der Waals surface area contributed by atoms with E-state index < -0.39 is 6.10 Å². The van der Waals surface area contributed by atoms with Crippen LogP contribution in [0.2, 0.25) is 5.02 Å². The van der Waals surface area contributed by atoms with E-state index in [1.54, 1.807) is 24.3 Å². The molecule has 1 aliphatic rings. The third kappa shape index (κ3) is 4.70. The summed E-state index contributed by atoms with van der Waals surface area (Å²) in [5, 5.41) is 13.3. The van der Waals surface area contributed by atoms with Gasteiger partial charge in [0.2, 0.25) is 0 Å². The van der Waals surface area contributed by atoms with Crippen molar-refractivity contribution in [3.8, 4) is 0 Å². The van der Waals surface area contributed by atoms with Crippen molar-refractivity contribution in [1.82, 2.24) is 4.90 Å². The lowest BCUT2D eigenvalue weighted by atomic mass is 10.1. The van der Waals surface area contributed by atoms with Gasteiger partial charge in [0.25, 0.3) is 5.91 Å². The van der Waals surface area contributed by atoms with Crippen molar-refractivity contribution in [3.63, 3.8) is 0 Å². The molecule has 2 unspecified atom stereocenters. The van der Waals surface area contributed by atoms with Crippen molar-refractivity contribution in [2.45, 2.75) is 44.8 Å². The Morgan fingerprint density at radius 1 is 1.48 bits per heavy atom. The quantitative estimate of drug-likeness (QED) is 0.849. The number of nitrogens with zero attached hydrogens (tertiary/aromatic N) is 1. The van der Waals surface area contributed by atoms with Crippen LogP contribution in [0.1, 0.15) is 32.6 Å². The van der Waals surface area contributed by atoms with Crippen LogP contribution in [-0.4, -0.2) is 41.1 Å². The van der Waals surface area contributed by atoms with Crippen LogP contribution < -0.4 is 5.32 Å². The number of hydrogen-bond acceptors (Lipinski definition) is 3. The lowest BCUT2D eigenvalue weighted by Gasteiger charge is -2.23. The Kier molecular flexibility index (Phi) is 6.03. The molecule has 0 bridgehead atoms. The molecule has 2 atom stereocenters. The van der Waals surface area contributed by atoms with Gasteiger partial charge in [-0.15, -0.1) is 0 Å². The van der Waals surface area contributed by atoms with E-state index in [9.17, 15) is 9.90 Å². The highest BCUT2D eigenvalue weighted by Crippen LogP contribution is 2.22. The summed E-state index contributed by atoms with van der Waals surface area (Å²) in [4.78, 5) is 14.4. The van der Waals surface area contributed by atoms with Gasteiger partial charge in [-0.2, -0.15) is 0 Å². The molecule has 1 saturated heterocycles. The lowest BCUT2D eigenvalue weighted by Crippen LogP contribution is -2.33. The molecule has 1 aliphatic heterocycles. The summed E-state index contributed by atoms with van der Waals surface area (Å²) in [5.74, 6) is -0.349. The van der Waals surface area contributed by atoms with Crippen LogP contribution >= 0.6 is 11.6 Å². The molecule has 4 nitrogen and oxygen atoms in total. The van der Waals surface area contributed by atoms with Gasteiger partial charge in [-0.05, 0) is 63.0 Å². The number of carbonyl (C=O) groups excluding carboxylic acids is 1. The molecule has 1 amide bonds. The van der Waals surface area contributed by atoms with Gasteiger partial charge in [0.15, 0.2) is 0 Å². The summed E-state index contributed by atoms with van der Waals surface area (Å²) in [6.07, 6.45) is 2.79. The predicted octanol–water partition coefficient (Wildman–Crippen LogP) is 2.90. The molecular weight excluding hydrogens is 288 g/mol. The molecule has 2 rings (SSSR count). The molecule has 1 aromatic carbocycles. The third-order valence-electron chi connectivity index (χ3n) is 4.09. The number of aliphatic hydroxyl groups excluding tert-OH is 1. The molecule has 2 N–H and O–H groups in total. The maximum Gasteiger partial charge on any atom is 0.253 e. The zero-order valence-electron chi connectivity index (χ0n) is 12.4. The highest BCUT2D eigenvalue weighted by atomic mass is 35.5. The molecule has 0 radical (unpaired) electrons. The number of hydrogen-bond donors (Lipinski definition) is 2. The number of carbonyl (C=O) groups is 1. The fourth-order valence-corrected chi connectivity index (χ4v) is 3.00. The summed E-state index contributed by atoms with van der Waals surface area (Å²) >= 11 is 5.79. The number of amides is 1. The number of aliphatic hydroxyl groups is 1. The summed E-state index contributed by atoms with van der Waals surface area (Å²) < 4.78 is 0. The number of anilines is 1. The van der Waals surface area contributed by atoms with E-state index in [1.165, 1.54) is 12.8 Å². The molecule has 0 spiro atoms. The molecule has 1 heterocycles. The van der Waals surface area contributed by atoms with E-state index in [2.05, 4.69) is 17.1 Å². The first-order chi connectivity index (χ1) is 10.1. The normalized spacial score (nSPS) is 20.4. The molecule has 21 heavy (non-hydrogen) atoms. The number of benzene rings is 1.